The van der Waals surface area contributed by atoms with E-state index >= 15 is 0 Å². The summed E-state index contributed by atoms with van der Waals surface area (Å²) >= 11 is 0. The smallest absolute Gasteiger partial charge is 0.289 e. The van der Waals surface area contributed by atoms with Gasteiger partial charge in [0.15, 0.2) is 0 Å². The molecule has 0 fully saturated rings. The molecule has 0 aliphatic heterocycles. The fraction of sp³-hybridized carbons (Fsp3) is 0.375. The van der Waals surface area contributed by atoms with Crippen LogP contribution in [0, 0.1) is 6.92 Å². The van der Waals surface area contributed by atoms with Gasteiger partial charge in [-0.2, -0.15) is 15.0 Å². The maximum absolute atomic E-state index is 12.3. The molecule has 1 amide bonds. The number of carbonyl (C=O) groups excluding carboxylic acids is 1. The minimum absolute atomic E-state index is 0.0296. The van der Waals surface area contributed by atoms with E-state index in [-0.39, 0.29) is 18.4 Å². The van der Waals surface area contributed by atoms with E-state index < -0.39 is 11.9 Å². The van der Waals surface area contributed by atoms with Gasteiger partial charge >= 0.3 is 0 Å². The molecule has 1 heterocycles. The quantitative estimate of drug-likeness (QED) is 0.690. The summed E-state index contributed by atoms with van der Waals surface area (Å²) in [6.45, 7) is 1.80. The number of aliphatic hydroxyl groups is 1. The molecule has 24 heavy (non-hydrogen) atoms. The third-order valence-corrected chi connectivity index (χ3v) is 3.36. The largest absolute Gasteiger partial charge is 0.394 e. The molecule has 8 nitrogen and oxygen atoms in total. The second-order valence-electron chi connectivity index (χ2n) is 5.76. The minimum atomic E-state index is -0.501. The molecule has 1 aromatic carbocycles. The molecule has 128 valence electrons. The van der Waals surface area contributed by atoms with Crippen LogP contribution in [-0.2, 0) is 6.42 Å². The van der Waals surface area contributed by atoms with Crippen molar-refractivity contribution >= 4 is 17.8 Å². The van der Waals surface area contributed by atoms with Crippen LogP contribution in [0.5, 0.6) is 0 Å². The van der Waals surface area contributed by atoms with Crippen LogP contribution in [0.3, 0.4) is 0 Å². The van der Waals surface area contributed by atoms with Gasteiger partial charge in [0.05, 0.1) is 12.6 Å². The van der Waals surface area contributed by atoms with E-state index in [1.54, 1.807) is 19.0 Å². The fourth-order valence-electron chi connectivity index (χ4n) is 2.22. The van der Waals surface area contributed by atoms with Crippen molar-refractivity contribution in [3.63, 3.8) is 0 Å². The van der Waals surface area contributed by atoms with Gasteiger partial charge in [0, 0.05) is 14.1 Å². The number of carbonyl (C=O) groups is 1. The molecule has 0 saturated carbocycles. The molecular formula is C16H22N6O2. The molecule has 0 saturated heterocycles. The van der Waals surface area contributed by atoms with Gasteiger partial charge in [0.2, 0.25) is 17.7 Å². The number of amides is 1. The zero-order valence-electron chi connectivity index (χ0n) is 14.0. The number of aliphatic hydroxyl groups excluding tert-OH is 1. The molecule has 2 rings (SSSR count). The lowest BCUT2D eigenvalue weighted by molar-refractivity contribution is 0.0906. The summed E-state index contributed by atoms with van der Waals surface area (Å²) in [6, 6.07) is 7.45. The predicted molar refractivity (Wildman–Crippen MR) is 91.8 cm³/mol. The van der Waals surface area contributed by atoms with Crippen LogP contribution in [0.1, 0.15) is 21.7 Å². The molecule has 4 N–H and O–H groups in total. The number of aryl methyl sites for hydroxylation is 1. The topological polar surface area (TPSA) is 117 Å². The van der Waals surface area contributed by atoms with Crippen molar-refractivity contribution in [3.05, 3.63) is 41.2 Å². The van der Waals surface area contributed by atoms with Crippen molar-refractivity contribution in [3.8, 4) is 0 Å². The third-order valence-electron chi connectivity index (χ3n) is 3.36. The van der Waals surface area contributed by atoms with Gasteiger partial charge in [0.25, 0.3) is 5.91 Å². The predicted octanol–water partition coefficient (Wildman–Crippen LogP) is 0.162. The Balaban J connectivity index is 2.12. The van der Waals surface area contributed by atoms with Crippen molar-refractivity contribution in [2.75, 3.05) is 31.3 Å². The Kier molecular flexibility index (Phi) is 5.64. The summed E-state index contributed by atoms with van der Waals surface area (Å²) in [7, 11) is 3.48. The molecule has 1 unspecified atom stereocenters. The number of nitrogens with one attached hydrogen (secondary N) is 1. The average Bonchev–Trinajstić information content (AvgIpc) is 2.53. The summed E-state index contributed by atoms with van der Waals surface area (Å²) < 4.78 is 0. The van der Waals surface area contributed by atoms with E-state index in [0.717, 1.165) is 11.1 Å². The van der Waals surface area contributed by atoms with Gasteiger partial charge in [-0.25, -0.2) is 0 Å². The van der Waals surface area contributed by atoms with E-state index in [2.05, 4.69) is 20.3 Å². The van der Waals surface area contributed by atoms with Crippen LogP contribution in [0.25, 0.3) is 0 Å². The standard InChI is InChI=1S/C16H22N6O2/c1-10-5-4-6-11(7-10)8-12(9-23)18-14(24)13-19-15(17)21-16(20-13)22(2)3/h4-7,12,23H,8-9H2,1-3H3,(H,18,24)(H2,17,19,20,21). The zero-order valence-corrected chi connectivity index (χ0v) is 14.0. The molecule has 0 aliphatic carbocycles. The Labute approximate surface area is 140 Å². The summed E-state index contributed by atoms with van der Waals surface area (Å²) in [5.74, 6) is -0.308. The summed E-state index contributed by atoms with van der Waals surface area (Å²) in [4.78, 5) is 25.9. The highest BCUT2D eigenvalue weighted by Crippen LogP contribution is 2.09. The monoisotopic (exact) mass is 330 g/mol. The highest BCUT2D eigenvalue weighted by atomic mass is 16.3. The van der Waals surface area contributed by atoms with Gasteiger partial charge in [-0.05, 0) is 18.9 Å². The second-order valence-corrected chi connectivity index (χ2v) is 5.76. The first kappa shape index (κ1) is 17.6. The molecule has 0 aliphatic rings. The number of anilines is 2. The minimum Gasteiger partial charge on any atom is -0.394 e. The highest BCUT2D eigenvalue weighted by Gasteiger charge is 2.18. The molecule has 0 bridgehead atoms. The molecular weight excluding hydrogens is 308 g/mol. The van der Waals surface area contributed by atoms with Crippen molar-refractivity contribution in [1.82, 2.24) is 20.3 Å². The number of nitrogens with zero attached hydrogens (tertiary/aromatic N) is 4. The molecule has 2 aromatic rings. The summed E-state index contributed by atoms with van der Waals surface area (Å²) in [6.07, 6.45) is 0.505. The van der Waals surface area contributed by atoms with Crippen LogP contribution in [0.4, 0.5) is 11.9 Å². The molecule has 0 radical (unpaired) electrons. The summed E-state index contributed by atoms with van der Waals surface area (Å²) in [5.41, 5.74) is 7.77. The fourth-order valence-corrected chi connectivity index (χ4v) is 2.22. The van der Waals surface area contributed by atoms with Crippen LogP contribution >= 0.6 is 0 Å². The Bertz CT molecular complexity index is 719. The van der Waals surface area contributed by atoms with Crippen LogP contribution in [0.2, 0.25) is 0 Å². The lowest BCUT2D eigenvalue weighted by Gasteiger charge is -2.17. The van der Waals surface area contributed by atoms with E-state index in [9.17, 15) is 9.90 Å². The Morgan fingerprint density at radius 1 is 1.33 bits per heavy atom. The number of aromatic nitrogens is 3. The number of nitrogens with two attached hydrogens (primary N) is 1. The van der Waals surface area contributed by atoms with E-state index in [0.29, 0.717) is 12.4 Å². The number of rotatable bonds is 6. The van der Waals surface area contributed by atoms with Gasteiger partial charge in [-0.1, -0.05) is 29.8 Å². The number of nitrogen functional groups attached to an aromatic ring is 1. The highest BCUT2D eigenvalue weighted by molar-refractivity contribution is 5.91. The first-order valence-corrected chi connectivity index (χ1v) is 7.55. The van der Waals surface area contributed by atoms with Crippen LogP contribution in [-0.4, -0.2) is 52.7 Å². The van der Waals surface area contributed by atoms with Gasteiger partial charge < -0.3 is 21.1 Å². The van der Waals surface area contributed by atoms with Gasteiger partial charge in [0.1, 0.15) is 0 Å². The van der Waals surface area contributed by atoms with Gasteiger partial charge in [-0.3, -0.25) is 4.79 Å². The van der Waals surface area contributed by atoms with Crippen molar-refractivity contribution in [2.24, 2.45) is 0 Å². The molecule has 0 spiro atoms. The van der Waals surface area contributed by atoms with Gasteiger partial charge in [-0.15, -0.1) is 0 Å². The first-order chi connectivity index (χ1) is 11.4. The number of hydrogen-bond donors (Lipinski definition) is 3. The van der Waals surface area contributed by atoms with Crippen molar-refractivity contribution in [1.29, 1.82) is 0 Å². The van der Waals surface area contributed by atoms with E-state index in [1.807, 2.05) is 31.2 Å². The van der Waals surface area contributed by atoms with Crippen molar-refractivity contribution < 1.29 is 9.90 Å². The first-order valence-electron chi connectivity index (χ1n) is 7.55. The summed E-state index contributed by atoms with van der Waals surface area (Å²) in [5, 5.41) is 12.3. The maximum atomic E-state index is 12.3. The lowest BCUT2D eigenvalue weighted by Crippen LogP contribution is -2.40. The van der Waals surface area contributed by atoms with Crippen molar-refractivity contribution in [2.45, 2.75) is 19.4 Å². The van der Waals surface area contributed by atoms with E-state index in [4.69, 9.17) is 5.73 Å². The third kappa shape index (κ3) is 4.63. The molecule has 1 aromatic heterocycles. The Hall–Kier alpha value is -2.74. The average molecular weight is 330 g/mol. The zero-order chi connectivity index (χ0) is 17.7. The van der Waals surface area contributed by atoms with Crippen LogP contribution in [0.15, 0.2) is 24.3 Å². The van der Waals surface area contributed by atoms with Crippen LogP contribution < -0.4 is 16.0 Å². The lowest BCUT2D eigenvalue weighted by atomic mass is 10.0. The molecule has 1 atom stereocenters. The number of benzene rings is 1. The maximum Gasteiger partial charge on any atom is 0.289 e. The Morgan fingerprint density at radius 3 is 2.71 bits per heavy atom. The van der Waals surface area contributed by atoms with E-state index in [1.165, 1.54) is 0 Å². The SMILES string of the molecule is Cc1cccc(CC(CO)NC(=O)c2nc(N)nc(N(C)C)n2)c1. The number of hydrogen-bond acceptors (Lipinski definition) is 7. The second kappa shape index (κ2) is 7.69. The normalized spacial score (nSPS) is 11.8. The molecule has 8 heteroatoms. The Morgan fingerprint density at radius 2 is 2.08 bits per heavy atom.